The van der Waals surface area contributed by atoms with Crippen LogP contribution in [0.3, 0.4) is 0 Å². The van der Waals surface area contributed by atoms with E-state index in [4.69, 9.17) is 11.6 Å². The van der Waals surface area contributed by atoms with Crippen molar-refractivity contribution in [1.82, 2.24) is 4.90 Å². The van der Waals surface area contributed by atoms with Crippen molar-refractivity contribution in [3.8, 4) is 0 Å². The van der Waals surface area contributed by atoms with Gasteiger partial charge in [0.2, 0.25) is 0 Å². The predicted molar refractivity (Wildman–Crippen MR) is 64.0 cm³/mol. The molecule has 1 aliphatic heterocycles. The number of halogens is 1. The maximum Gasteiger partial charge on any atom is 0.0263 e. The Morgan fingerprint density at radius 1 is 1.29 bits per heavy atom. The van der Waals surface area contributed by atoms with Crippen molar-refractivity contribution in [2.45, 2.75) is 45.4 Å². The van der Waals surface area contributed by atoms with Crippen LogP contribution in [0.15, 0.2) is 0 Å². The molecule has 0 spiro atoms. The summed E-state index contributed by atoms with van der Waals surface area (Å²) in [6, 6.07) is 0. The minimum Gasteiger partial charge on any atom is -0.303 e. The van der Waals surface area contributed by atoms with Crippen LogP contribution in [0.5, 0.6) is 0 Å². The molecule has 0 aliphatic carbocycles. The standard InChI is InChI=1S/C12H24ClN/c1-2-3-4-5-8-14-9-6-7-12(10-13)11-14/h12H,2-11H2,1H3. The Morgan fingerprint density at radius 3 is 2.86 bits per heavy atom. The molecule has 0 bridgehead atoms. The smallest absolute Gasteiger partial charge is 0.0263 e. The van der Waals surface area contributed by atoms with Gasteiger partial charge in [0.05, 0.1) is 0 Å². The van der Waals surface area contributed by atoms with Crippen LogP contribution >= 0.6 is 11.6 Å². The van der Waals surface area contributed by atoms with Gasteiger partial charge in [-0.05, 0) is 38.3 Å². The Morgan fingerprint density at radius 2 is 2.14 bits per heavy atom. The van der Waals surface area contributed by atoms with Crippen molar-refractivity contribution in [1.29, 1.82) is 0 Å². The van der Waals surface area contributed by atoms with Crippen molar-refractivity contribution in [2.24, 2.45) is 5.92 Å². The number of rotatable bonds is 6. The van der Waals surface area contributed by atoms with Gasteiger partial charge in [-0.15, -0.1) is 11.6 Å². The van der Waals surface area contributed by atoms with E-state index in [0.717, 1.165) is 11.8 Å². The van der Waals surface area contributed by atoms with Crippen molar-refractivity contribution >= 4 is 11.6 Å². The van der Waals surface area contributed by atoms with Crippen molar-refractivity contribution < 1.29 is 0 Å². The summed E-state index contributed by atoms with van der Waals surface area (Å²) in [6.45, 7) is 6.12. The zero-order chi connectivity index (χ0) is 10.2. The first-order valence-electron chi connectivity index (χ1n) is 6.15. The van der Waals surface area contributed by atoms with E-state index in [1.807, 2.05) is 0 Å². The van der Waals surface area contributed by atoms with Gasteiger partial charge >= 0.3 is 0 Å². The van der Waals surface area contributed by atoms with Crippen molar-refractivity contribution in [3.63, 3.8) is 0 Å². The van der Waals surface area contributed by atoms with Crippen LogP contribution < -0.4 is 0 Å². The lowest BCUT2D eigenvalue weighted by molar-refractivity contribution is 0.182. The molecule has 0 aromatic heterocycles. The minimum atomic E-state index is 0.761. The topological polar surface area (TPSA) is 3.24 Å². The zero-order valence-corrected chi connectivity index (χ0v) is 10.2. The maximum absolute atomic E-state index is 5.90. The third-order valence-corrected chi connectivity index (χ3v) is 3.59. The molecule has 14 heavy (non-hydrogen) atoms. The first kappa shape index (κ1) is 12.3. The summed E-state index contributed by atoms with van der Waals surface area (Å²) < 4.78 is 0. The quantitative estimate of drug-likeness (QED) is 0.486. The average Bonchev–Trinajstić information content (AvgIpc) is 2.25. The van der Waals surface area contributed by atoms with Crippen LogP contribution in [0.4, 0.5) is 0 Å². The summed E-state index contributed by atoms with van der Waals surface area (Å²) in [7, 11) is 0. The highest BCUT2D eigenvalue weighted by atomic mass is 35.5. The summed E-state index contributed by atoms with van der Waals surface area (Å²) in [5, 5.41) is 0. The fourth-order valence-corrected chi connectivity index (χ4v) is 2.49. The van der Waals surface area contributed by atoms with Gasteiger partial charge in [-0.3, -0.25) is 0 Å². The summed E-state index contributed by atoms with van der Waals surface area (Å²) in [5.74, 6) is 1.61. The molecule has 0 N–H and O–H groups in total. The van der Waals surface area contributed by atoms with E-state index in [1.54, 1.807) is 0 Å². The van der Waals surface area contributed by atoms with E-state index in [9.17, 15) is 0 Å². The molecule has 1 saturated heterocycles. The molecule has 0 saturated carbocycles. The second-order valence-corrected chi connectivity index (χ2v) is 4.83. The number of likely N-dealkylation sites (tertiary alicyclic amines) is 1. The van der Waals surface area contributed by atoms with Crippen molar-refractivity contribution in [3.05, 3.63) is 0 Å². The molecule has 2 heteroatoms. The zero-order valence-electron chi connectivity index (χ0n) is 9.47. The van der Waals surface area contributed by atoms with Gasteiger partial charge < -0.3 is 4.90 Å². The van der Waals surface area contributed by atoms with E-state index in [2.05, 4.69) is 11.8 Å². The molecule has 0 amide bonds. The van der Waals surface area contributed by atoms with Crippen LogP contribution in [0.25, 0.3) is 0 Å². The Kier molecular flexibility index (Phi) is 6.63. The van der Waals surface area contributed by atoms with E-state index in [-0.39, 0.29) is 0 Å². The van der Waals surface area contributed by atoms with Gasteiger partial charge in [0.25, 0.3) is 0 Å². The van der Waals surface area contributed by atoms with E-state index >= 15 is 0 Å². The first-order chi connectivity index (χ1) is 6.86. The molecule has 1 rings (SSSR count). The second kappa shape index (κ2) is 7.53. The number of alkyl halides is 1. The Labute approximate surface area is 93.8 Å². The van der Waals surface area contributed by atoms with E-state index in [0.29, 0.717) is 0 Å². The van der Waals surface area contributed by atoms with Gasteiger partial charge in [0.1, 0.15) is 0 Å². The SMILES string of the molecule is CCCCCCN1CCCC(CCl)C1. The second-order valence-electron chi connectivity index (χ2n) is 4.52. The van der Waals surface area contributed by atoms with Gasteiger partial charge in [0.15, 0.2) is 0 Å². The molecule has 1 heterocycles. The summed E-state index contributed by atoms with van der Waals surface area (Å²) in [6.07, 6.45) is 8.21. The van der Waals surface area contributed by atoms with Gasteiger partial charge in [-0.1, -0.05) is 26.2 Å². The molecule has 1 nitrogen and oxygen atoms in total. The number of hydrogen-bond acceptors (Lipinski definition) is 1. The first-order valence-corrected chi connectivity index (χ1v) is 6.68. The lowest BCUT2D eigenvalue weighted by atomic mass is 10.00. The minimum absolute atomic E-state index is 0.761. The molecule has 0 aromatic rings. The van der Waals surface area contributed by atoms with Crippen LogP contribution in [-0.4, -0.2) is 30.4 Å². The normalized spacial score (nSPS) is 24.0. The highest BCUT2D eigenvalue weighted by Gasteiger charge is 2.18. The van der Waals surface area contributed by atoms with Gasteiger partial charge in [-0.2, -0.15) is 0 Å². The molecular weight excluding hydrogens is 194 g/mol. The average molecular weight is 218 g/mol. The molecule has 1 aliphatic rings. The highest BCUT2D eigenvalue weighted by molar-refractivity contribution is 6.18. The summed E-state index contributed by atoms with van der Waals surface area (Å²) in [4.78, 5) is 2.60. The maximum atomic E-state index is 5.90. The Bertz CT molecular complexity index is 138. The lowest BCUT2D eigenvalue weighted by Crippen LogP contribution is -2.36. The molecule has 1 unspecified atom stereocenters. The molecule has 0 aromatic carbocycles. The van der Waals surface area contributed by atoms with Crippen LogP contribution in [0.1, 0.15) is 45.4 Å². The number of hydrogen-bond donors (Lipinski definition) is 0. The number of piperidine rings is 1. The number of unbranched alkanes of at least 4 members (excludes halogenated alkanes) is 3. The Hall–Kier alpha value is 0.250. The molecular formula is C12H24ClN. The van der Waals surface area contributed by atoms with Gasteiger partial charge in [0, 0.05) is 12.4 Å². The lowest BCUT2D eigenvalue weighted by Gasteiger charge is -2.31. The van der Waals surface area contributed by atoms with Crippen molar-refractivity contribution in [2.75, 3.05) is 25.5 Å². The predicted octanol–water partition coefficient (Wildman–Crippen LogP) is 3.52. The fraction of sp³-hybridized carbons (Fsp3) is 1.00. The highest BCUT2D eigenvalue weighted by Crippen LogP contribution is 2.18. The van der Waals surface area contributed by atoms with E-state index < -0.39 is 0 Å². The van der Waals surface area contributed by atoms with E-state index in [1.165, 1.54) is 58.2 Å². The molecule has 84 valence electrons. The number of nitrogens with zero attached hydrogens (tertiary/aromatic N) is 1. The molecule has 1 atom stereocenters. The monoisotopic (exact) mass is 217 g/mol. The largest absolute Gasteiger partial charge is 0.303 e. The molecule has 0 radical (unpaired) electrons. The van der Waals surface area contributed by atoms with Crippen LogP contribution in [-0.2, 0) is 0 Å². The van der Waals surface area contributed by atoms with Gasteiger partial charge in [-0.25, -0.2) is 0 Å². The third kappa shape index (κ3) is 4.65. The summed E-state index contributed by atoms with van der Waals surface area (Å²) in [5.41, 5.74) is 0. The fourth-order valence-electron chi connectivity index (χ4n) is 2.24. The summed E-state index contributed by atoms with van der Waals surface area (Å²) >= 11 is 5.90. The Balaban J connectivity index is 2.05. The van der Waals surface area contributed by atoms with Crippen LogP contribution in [0.2, 0.25) is 0 Å². The van der Waals surface area contributed by atoms with Crippen LogP contribution in [0, 0.1) is 5.92 Å². The third-order valence-electron chi connectivity index (χ3n) is 3.15. The molecule has 1 fully saturated rings.